The molecule has 0 unspecified atom stereocenters. The second-order valence-electron chi connectivity index (χ2n) is 6.20. The third kappa shape index (κ3) is 4.57. The molecule has 122 valence electrons. The van der Waals surface area contributed by atoms with Crippen LogP contribution in [0.3, 0.4) is 0 Å². The minimum atomic E-state index is 0.355. The van der Waals surface area contributed by atoms with Gasteiger partial charge in [0.1, 0.15) is 12.4 Å². The molecule has 0 aliphatic carbocycles. The highest BCUT2D eigenvalue weighted by Gasteiger charge is 2.18. The third-order valence-corrected chi connectivity index (χ3v) is 4.50. The van der Waals surface area contributed by atoms with Crippen LogP contribution in [0.2, 0.25) is 0 Å². The molecule has 1 aliphatic heterocycles. The topological polar surface area (TPSA) is 24.5 Å². The predicted molar refractivity (Wildman–Crippen MR) is 94.7 cm³/mol. The highest BCUT2D eigenvalue weighted by Crippen LogP contribution is 2.22. The summed E-state index contributed by atoms with van der Waals surface area (Å²) in [7, 11) is 2.04. The van der Waals surface area contributed by atoms with E-state index in [0.29, 0.717) is 12.6 Å². The second kappa shape index (κ2) is 8.14. The Bertz CT molecular complexity index is 594. The van der Waals surface area contributed by atoms with Crippen LogP contribution in [0.5, 0.6) is 5.75 Å². The molecule has 0 saturated carbocycles. The number of nitrogens with zero attached hydrogens (tertiary/aromatic N) is 1. The first kappa shape index (κ1) is 16.0. The van der Waals surface area contributed by atoms with Gasteiger partial charge in [-0.15, -0.1) is 0 Å². The Morgan fingerprint density at radius 3 is 2.57 bits per heavy atom. The van der Waals surface area contributed by atoms with Gasteiger partial charge in [-0.25, -0.2) is 0 Å². The van der Waals surface area contributed by atoms with Gasteiger partial charge < -0.3 is 15.0 Å². The zero-order valence-electron chi connectivity index (χ0n) is 13.9. The molecule has 0 aromatic heterocycles. The standard InChI is InChI=1S/C20H26N2O/c1-21-20(15-22-12-5-6-13-22)18-10-7-11-19(14-18)23-16-17-8-3-2-4-9-17/h2-4,7-11,14,20-21H,5-6,12-13,15-16H2,1H3/t20-/m1/s1. The van der Waals surface area contributed by atoms with Crippen molar-refractivity contribution < 1.29 is 4.74 Å². The van der Waals surface area contributed by atoms with Crippen molar-refractivity contribution in [1.29, 1.82) is 0 Å². The summed E-state index contributed by atoms with van der Waals surface area (Å²) in [4.78, 5) is 2.54. The summed E-state index contributed by atoms with van der Waals surface area (Å²) in [6.07, 6.45) is 2.66. The molecule has 3 rings (SSSR count). The molecule has 1 aliphatic rings. The maximum absolute atomic E-state index is 5.96. The molecule has 1 fully saturated rings. The maximum atomic E-state index is 5.96. The second-order valence-corrected chi connectivity index (χ2v) is 6.20. The minimum Gasteiger partial charge on any atom is -0.489 e. The molecule has 3 heteroatoms. The molecular weight excluding hydrogens is 284 g/mol. The van der Waals surface area contributed by atoms with Crippen molar-refractivity contribution in [3.05, 3.63) is 65.7 Å². The largest absolute Gasteiger partial charge is 0.489 e. The Kier molecular flexibility index (Phi) is 5.67. The van der Waals surface area contributed by atoms with Crippen LogP contribution in [0.1, 0.15) is 30.0 Å². The predicted octanol–water partition coefficient (Wildman–Crippen LogP) is 3.62. The summed E-state index contributed by atoms with van der Waals surface area (Å²) in [6, 6.07) is 19.1. The van der Waals surface area contributed by atoms with Gasteiger partial charge in [0.2, 0.25) is 0 Å². The van der Waals surface area contributed by atoms with E-state index in [1.165, 1.54) is 37.1 Å². The van der Waals surface area contributed by atoms with E-state index in [4.69, 9.17) is 4.74 Å². The fourth-order valence-electron chi connectivity index (χ4n) is 3.15. The van der Waals surface area contributed by atoms with E-state index in [-0.39, 0.29) is 0 Å². The van der Waals surface area contributed by atoms with Gasteiger partial charge in [0.05, 0.1) is 0 Å². The van der Waals surface area contributed by atoms with Crippen LogP contribution in [-0.2, 0) is 6.61 Å². The zero-order valence-corrected chi connectivity index (χ0v) is 13.9. The van der Waals surface area contributed by atoms with Crippen LogP contribution in [0.25, 0.3) is 0 Å². The van der Waals surface area contributed by atoms with Crippen molar-refractivity contribution in [3.8, 4) is 5.75 Å². The lowest BCUT2D eigenvalue weighted by molar-refractivity contribution is 0.294. The molecule has 0 spiro atoms. The third-order valence-electron chi connectivity index (χ3n) is 4.50. The molecule has 2 aromatic rings. The highest BCUT2D eigenvalue weighted by atomic mass is 16.5. The average Bonchev–Trinajstić information content (AvgIpc) is 3.12. The first-order chi connectivity index (χ1) is 11.3. The number of benzene rings is 2. The van der Waals surface area contributed by atoms with Gasteiger partial charge in [0.15, 0.2) is 0 Å². The Balaban J connectivity index is 1.63. The molecule has 1 heterocycles. The first-order valence-electron chi connectivity index (χ1n) is 8.51. The number of nitrogens with one attached hydrogen (secondary N) is 1. The number of hydrogen-bond donors (Lipinski definition) is 1. The highest BCUT2D eigenvalue weighted by molar-refractivity contribution is 5.31. The molecule has 23 heavy (non-hydrogen) atoms. The van der Waals surface area contributed by atoms with Crippen molar-refractivity contribution in [3.63, 3.8) is 0 Å². The summed E-state index contributed by atoms with van der Waals surface area (Å²) < 4.78 is 5.96. The monoisotopic (exact) mass is 310 g/mol. The minimum absolute atomic E-state index is 0.355. The number of rotatable bonds is 7. The Morgan fingerprint density at radius 2 is 1.83 bits per heavy atom. The summed E-state index contributed by atoms with van der Waals surface area (Å²) in [5, 5.41) is 3.45. The van der Waals surface area contributed by atoms with E-state index in [1.54, 1.807) is 0 Å². The lowest BCUT2D eigenvalue weighted by atomic mass is 10.1. The van der Waals surface area contributed by atoms with Gasteiger partial charge in [0, 0.05) is 12.6 Å². The Hall–Kier alpha value is -1.84. The summed E-state index contributed by atoms with van der Waals surface area (Å²) in [5.41, 5.74) is 2.49. The van der Waals surface area contributed by atoms with Crippen LogP contribution in [0, 0.1) is 0 Å². The van der Waals surface area contributed by atoms with E-state index in [9.17, 15) is 0 Å². The van der Waals surface area contributed by atoms with Crippen LogP contribution in [-0.4, -0.2) is 31.6 Å². The fraction of sp³-hybridized carbons (Fsp3) is 0.400. The lowest BCUT2D eigenvalue weighted by Gasteiger charge is -2.23. The molecular formula is C20H26N2O. The molecule has 0 amide bonds. The molecule has 1 N–H and O–H groups in total. The van der Waals surface area contributed by atoms with E-state index < -0.39 is 0 Å². The molecule has 1 atom stereocenters. The van der Waals surface area contributed by atoms with E-state index in [0.717, 1.165) is 12.3 Å². The van der Waals surface area contributed by atoms with Crippen LogP contribution >= 0.6 is 0 Å². The van der Waals surface area contributed by atoms with Crippen molar-refractivity contribution >= 4 is 0 Å². The van der Waals surface area contributed by atoms with E-state index >= 15 is 0 Å². The van der Waals surface area contributed by atoms with Gasteiger partial charge in [-0.2, -0.15) is 0 Å². The van der Waals surface area contributed by atoms with Crippen molar-refractivity contribution in [2.45, 2.75) is 25.5 Å². The molecule has 0 bridgehead atoms. The summed E-state index contributed by atoms with van der Waals surface area (Å²) >= 11 is 0. The summed E-state index contributed by atoms with van der Waals surface area (Å²) in [6.45, 7) is 4.13. The van der Waals surface area contributed by atoms with Crippen LogP contribution in [0.15, 0.2) is 54.6 Å². The lowest BCUT2D eigenvalue weighted by Crippen LogP contribution is -2.31. The van der Waals surface area contributed by atoms with Gasteiger partial charge in [0.25, 0.3) is 0 Å². The van der Waals surface area contributed by atoms with Gasteiger partial charge in [-0.1, -0.05) is 42.5 Å². The average molecular weight is 310 g/mol. The smallest absolute Gasteiger partial charge is 0.120 e. The molecule has 1 saturated heterocycles. The SMILES string of the molecule is CN[C@H](CN1CCCC1)c1cccc(OCc2ccccc2)c1. The number of likely N-dealkylation sites (tertiary alicyclic amines) is 1. The Labute approximate surface area is 139 Å². The van der Waals surface area contributed by atoms with Crippen molar-refractivity contribution in [2.24, 2.45) is 0 Å². The zero-order chi connectivity index (χ0) is 15.9. The quantitative estimate of drug-likeness (QED) is 0.845. The van der Waals surface area contributed by atoms with Crippen LogP contribution in [0.4, 0.5) is 0 Å². The summed E-state index contributed by atoms with van der Waals surface area (Å²) in [5.74, 6) is 0.938. The molecule has 0 radical (unpaired) electrons. The van der Waals surface area contributed by atoms with Crippen molar-refractivity contribution in [2.75, 3.05) is 26.7 Å². The van der Waals surface area contributed by atoms with E-state index in [1.807, 2.05) is 31.3 Å². The fourth-order valence-corrected chi connectivity index (χ4v) is 3.15. The Morgan fingerprint density at radius 1 is 1.04 bits per heavy atom. The maximum Gasteiger partial charge on any atom is 0.120 e. The normalized spacial score (nSPS) is 16.4. The van der Waals surface area contributed by atoms with Gasteiger partial charge in [-0.3, -0.25) is 0 Å². The molecule has 2 aromatic carbocycles. The van der Waals surface area contributed by atoms with Gasteiger partial charge in [-0.05, 0) is 56.2 Å². The number of ether oxygens (including phenoxy) is 1. The van der Waals surface area contributed by atoms with Crippen molar-refractivity contribution in [1.82, 2.24) is 10.2 Å². The van der Waals surface area contributed by atoms with Gasteiger partial charge >= 0.3 is 0 Å². The number of hydrogen-bond acceptors (Lipinski definition) is 3. The first-order valence-corrected chi connectivity index (χ1v) is 8.51. The molecule has 3 nitrogen and oxygen atoms in total. The van der Waals surface area contributed by atoms with Crippen LogP contribution < -0.4 is 10.1 Å². The number of likely N-dealkylation sites (N-methyl/N-ethyl adjacent to an activating group) is 1. The van der Waals surface area contributed by atoms with E-state index in [2.05, 4.69) is 40.5 Å².